The van der Waals surface area contributed by atoms with Crippen LogP contribution in [0.2, 0.25) is 0 Å². The number of carboxylic acids is 1. The van der Waals surface area contributed by atoms with Gasteiger partial charge in [-0.25, -0.2) is 9.67 Å². The summed E-state index contributed by atoms with van der Waals surface area (Å²) >= 11 is 0. The van der Waals surface area contributed by atoms with E-state index in [2.05, 4.69) is 19.6 Å². The van der Waals surface area contributed by atoms with Crippen LogP contribution in [0.1, 0.15) is 93.0 Å². The van der Waals surface area contributed by atoms with Crippen molar-refractivity contribution in [1.29, 1.82) is 0 Å². The SMILES string of the molecule is CC(Oc1cc(-n2nc(C(F)(F)F)c3c2[C@H](OC24CCC(C(=O)O)(CC2)CC4)CCC3)ccn1)c1ccc2c(c1)OC(F)(F)O2. The number of alkyl halides is 5. The Hall–Kier alpha value is -3.94. The van der Waals surface area contributed by atoms with Crippen molar-refractivity contribution in [2.24, 2.45) is 5.41 Å². The first kappa shape index (κ1) is 29.8. The van der Waals surface area contributed by atoms with Gasteiger partial charge in [0.2, 0.25) is 5.88 Å². The van der Waals surface area contributed by atoms with Crippen LogP contribution >= 0.6 is 0 Å². The number of pyridine rings is 1. The summed E-state index contributed by atoms with van der Waals surface area (Å²) in [7, 11) is 0. The molecular weight excluding hydrogens is 605 g/mol. The predicted molar refractivity (Wildman–Crippen MR) is 145 cm³/mol. The van der Waals surface area contributed by atoms with Gasteiger partial charge in [0.1, 0.15) is 12.2 Å². The topological polar surface area (TPSA) is 105 Å². The molecule has 4 aliphatic carbocycles. The second kappa shape index (κ2) is 10.3. The van der Waals surface area contributed by atoms with Gasteiger partial charge in [0.15, 0.2) is 17.2 Å². The molecule has 45 heavy (non-hydrogen) atoms. The van der Waals surface area contributed by atoms with Crippen molar-refractivity contribution in [2.45, 2.75) is 95.0 Å². The van der Waals surface area contributed by atoms with Gasteiger partial charge in [-0.2, -0.15) is 18.3 Å². The van der Waals surface area contributed by atoms with Crippen LogP contribution < -0.4 is 14.2 Å². The summed E-state index contributed by atoms with van der Waals surface area (Å²) in [6.07, 6.45) is -4.22. The lowest BCUT2D eigenvalue weighted by atomic mass is 9.58. The summed E-state index contributed by atoms with van der Waals surface area (Å²) in [5.41, 5.74) is -1.13. The Balaban J connectivity index is 1.18. The van der Waals surface area contributed by atoms with E-state index in [1.165, 1.54) is 41.2 Å². The number of halogens is 5. The maximum atomic E-state index is 14.3. The molecule has 9 nitrogen and oxygen atoms in total. The number of nitrogens with zero attached hydrogens (tertiary/aromatic N) is 3. The lowest BCUT2D eigenvalue weighted by Crippen LogP contribution is -2.51. The summed E-state index contributed by atoms with van der Waals surface area (Å²) < 4.78 is 92.6. The van der Waals surface area contributed by atoms with Crippen LogP contribution in [-0.2, 0) is 22.1 Å². The molecule has 3 fully saturated rings. The number of rotatable bonds is 7. The van der Waals surface area contributed by atoms with Gasteiger partial charge in [0.25, 0.3) is 0 Å². The number of benzene rings is 1. The van der Waals surface area contributed by atoms with Crippen molar-refractivity contribution in [1.82, 2.24) is 14.8 Å². The molecule has 3 aromatic rings. The Kier molecular flexibility index (Phi) is 6.81. The molecule has 0 spiro atoms. The van der Waals surface area contributed by atoms with Gasteiger partial charge in [-0.3, -0.25) is 4.79 Å². The number of aliphatic carboxylic acids is 1. The average molecular weight is 636 g/mol. The van der Waals surface area contributed by atoms with E-state index in [0.717, 1.165) is 0 Å². The molecule has 2 bridgehead atoms. The van der Waals surface area contributed by atoms with E-state index in [1.807, 2.05) is 0 Å². The number of aromatic nitrogens is 3. The van der Waals surface area contributed by atoms with E-state index in [0.29, 0.717) is 62.6 Å². The normalized spacial score (nSPS) is 27.2. The molecule has 2 aromatic heterocycles. The number of hydrogen-bond donors (Lipinski definition) is 1. The third-order valence-electron chi connectivity index (χ3n) is 9.67. The van der Waals surface area contributed by atoms with Crippen LogP contribution in [0.4, 0.5) is 22.0 Å². The van der Waals surface area contributed by atoms with Crippen molar-refractivity contribution in [2.75, 3.05) is 0 Å². The minimum atomic E-state index is -4.69. The van der Waals surface area contributed by atoms with E-state index >= 15 is 0 Å². The van der Waals surface area contributed by atoms with Gasteiger partial charge >= 0.3 is 18.4 Å². The maximum absolute atomic E-state index is 14.3. The highest BCUT2D eigenvalue weighted by molar-refractivity contribution is 5.75. The van der Waals surface area contributed by atoms with Crippen molar-refractivity contribution in [3.63, 3.8) is 0 Å². The Labute approximate surface area is 254 Å². The first-order valence-corrected chi connectivity index (χ1v) is 14.9. The highest BCUT2D eigenvalue weighted by Crippen LogP contribution is 2.56. The Bertz CT molecular complexity index is 1630. The Morgan fingerprint density at radius 2 is 1.78 bits per heavy atom. The van der Waals surface area contributed by atoms with Crippen LogP contribution in [0, 0.1) is 5.41 Å². The van der Waals surface area contributed by atoms with Crippen molar-refractivity contribution < 1.29 is 50.8 Å². The second-order valence-electron chi connectivity index (χ2n) is 12.4. The second-order valence-corrected chi connectivity index (χ2v) is 12.4. The molecule has 14 heteroatoms. The van der Waals surface area contributed by atoms with E-state index in [9.17, 15) is 31.9 Å². The van der Waals surface area contributed by atoms with Gasteiger partial charge in [-0.15, -0.1) is 8.78 Å². The fourth-order valence-corrected chi connectivity index (χ4v) is 7.19. The quantitative estimate of drug-likeness (QED) is 0.270. The number of hydrogen-bond acceptors (Lipinski definition) is 7. The summed E-state index contributed by atoms with van der Waals surface area (Å²) in [6.45, 7) is 1.66. The molecule has 1 aromatic carbocycles. The molecule has 0 amide bonds. The van der Waals surface area contributed by atoms with Crippen molar-refractivity contribution in [3.05, 3.63) is 59.0 Å². The van der Waals surface area contributed by atoms with Gasteiger partial charge in [-0.05, 0) is 88.5 Å². The lowest BCUT2D eigenvalue weighted by Gasteiger charge is -2.52. The average Bonchev–Trinajstić information content (AvgIpc) is 3.55. The van der Waals surface area contributed by atoms with E-state index in [4.69, 9.17) is 9.47 Å². The molecule has 5 aliphatic rings. The smallest absolute Gasteiger partial charge is 0.481 e. The van der Waals surface area contributed by atoms with Crippen LogP contribution in [0.5, 0.6) is 17.4 Å². The molecule has 1 aliphatic heterocycles. The predicted octanol–water partition coefficient (Wildman–Crippen LogP) is 7.32. The molecule has 240 valence electrons. The highest BCUT2D eigenvalue weighted by atomic mass is 19.4. The van der Waals surface area contributed by atoms with E-state index in [1.54, 1.807) is 6.92 Å². The molecule has 8 rings (SSSR count). The largest absolute Gasteiger partial charge is 0.586 e. The number of ether oxygens (including phenoxy) is 4. The minimum absolute atomic E-state index is 0.0808. The van der Waals surface area contributed by atoms with Crippen LogP contribution in [-0.4, -0.2) is 37.7 Å². The van der Waals surface area contributed by atoms with Crippen LogP contribution in [0.3, 0.4) is 0 Å². The number of carboxylic acid groups (broad SMARTS) is 1. The molecule has 0 radical (unpaired) electrons. The molecule has 3 saturated carbocycles. The zero-order chi connectivity index (χ0) is 31.8. The third kappa shape index (κ3) is 5.26. The first-order valence-electron chi connectivity index (χ1n) is 14.9. The zero-order valence-electron chi connectivity index (χ0n) is 24.2. The van der Waals surface area contributed by atoms with Crippen molar-refractivity contribution in [3.8, 4) is 23.1 Å². The molecule has 0 saturated heterocycles. The summed E-state index contributed by atoms with van der Waals surface area (Å²) in [5, 5.41) is 13.8. The monoisotopic (exact) mass is 635 g/mol. The Morgan fingerprint density at radius 1 is 1.07 bits per heavy atom. The molecular formula is C31H30F5N3O6. The molecule has 3 heterocycles. The lowest BCUT2D eigenvalue weighted by molar-refractivity contribution is -0.286. The van der Waals surface area contributed by atoms with E-state index in [-0.39, 0.29) is 35.1 Å². The highest BCUT2D eigenvalue weighted by Gasteiger charge is 2.54. The van der Waals surface area contributed by atoms with Crippen LogP contribution in [0.15, 0.2) is 36.5 Å². The summed E-state index contributed by atoms with van der Waals surface area (Å²) in [5.74, 6) is -0.974. The summed E-state index contributed by atoms with van der Waals surface area (Å²) in [4.78, 5) is 16.1. The minimum Gasteiger partial charge on any atom is -0.481 e. The standard InChI is InChI=1S/C31H30F5N3O6/c1-17(18-5-6-21-23(15-18)45-31(35,36)44-21)42-24-16-19(7-14-37-24)39-25-20(26(38-39)30(32,33)34)3-2-4-22(25)43-29-11-8-28(9-12-29,10-13-29)27(40)41/h5-7,14-17,22H,2-4,8-13H2,1H3,(H,40,41)/t17?,22-,28?,29?/m1/s1. The fourth-order valence-electron chi connectivity index (χ4n) is 7.19. The first-order chi connectivity index (χ1) is 21.3. The Morgan fingerprint density at radius 3 is 2.47 bits per heavy atom. The van der Waals surface area contributed by atoms with Gasteiger partial charge < -0.3 is 24.1 Å². The molecule has 2 atom stereocenters. The van der Waals surface area contributed by atoms with E-state index < -0.39 is 47.4 Å². The number of fused-ring (bicyclic) bond motifs is 5. The molecule has 1 unspecified atom stereocenters. The van der Waals surface area contributed by atoms with Gasteiger partial charge in [-0.1, -0.05) is 6.07 Å². The fraction of sp³-hybridized carbons (Fsp3) is 0.516. The third-order valence-corrected chi connectivity index (χ3v) is 9.67. The van der Waals surface area contributed by atoms with Crippen molar-refractivity contribution >= 4 is 5.97 Å². The molecule has 1 N–H and O–H groups in total. The van der Waals surface area contributed by atoms with Gasteiger partial charge in [0.05, 0.1) is 22.4 Å². The number of carbonyl (C=O) groups is 1. The maximum Gasteiger partial charge on any atom is 0.586 e. The van der Waals surface area contributed by atoms with Crippen LogP contribution in [0.25, 0.3) is 5.69 Å². The van der Waals surface area contributed by atoms with Gasteiger partial charge in [0, 0.05) is 17.8 Å². The zero-order valence-corrected chi connectivity index (χ0v) is 24.2. The summed E-state index contributed by atoms with van der Waals surface area (Å²) in [6, 6.07) is 7.24.